The Morgan fingerprint density at radius 3 is 2.35 bits per heavy atom. The molecule has 3 aromatic carbocycles. The summed E-state index contributed by atoms with van der Waals surface area (Å²) < 4.78 is 28.4. The quantitative estimate of drug-likeness (QED) is 0.585. The second-order valence-electron chi connectivity index (χ2n) is 7.66. The number of hydrogen-bond acceptors (Lipinski definition) is 3. The van der Waals surface area contributed by atoms with Crippen molar-refractivity contribution in [3.8, 4) is 0 Å². The molecule has 0 saturated heterocycles. The number of aryl methyl sites for hydroxylation is 1. The Morgan fingerprint density at radius 2 is 1.58 bits per heavy atom. The summed E-state index contributed by atoms with van der Waals surface area (Å²) in [5, 5.41) is 0. The third-order valence-electron chi connectivity index (χ3n) is 5.71. The van der Waals surface area contributed by atoms with Crippen LogP contribution in [0, 0.1) is 18.6 Å². The minimum atomic E-state index is -0.838. The van der Waals surface area contributed by atoms with Crippen molar-refractivity contribution >= 4 is 28.8 Å². The Kier molecular flexibility index (Phi) is 4.43. The number of fused-ring (bicyclic) bond motifs is 1. The van der Waals surface area contributed by atoms with Gasteiger partial charge in [0.25, 0.3) is 11.8 Å². The lowest BCUT2D eigenvalue weighted by Crippen LogP contribution is -2.35. The summed E-state index contributed by atoms with van der Waals surface area (Å²) in [6.45, 7) is 2.44. The first-order valence-corrected chi connectivity index (χ1v) is 9.96. The Hall–Kier alpha value is -3.80. The van der Waals surface area contributed by atoms with Crippen molar-refractivity contribution in [2.45, 2.75) is 13.3 Å². The molecule has 0 aliphatic carbocycles. The normalized spacial score (nSPS) is 15.8. The summed E-state index contributed by atoms with van der Waals surface area (Å²) in [5.41, 5.74) is 3.44. The number of nitrogens with zero attached hydrogens (tertiary/aromatic N) is 2. The number of hydrogen-bond donors (Lipinski definition) is 0. The molecule has 0 radical (unpaired) electrons. The van der Waals surface area contributed by atoms with Crippen LogP contribution in [0.4, 0.5) is 20.2 Å². The van der Waals surface area contributed by atoms with Crippen molar-refractivity contribution < 1.29 is 18.4 Å². The number of carbonyl (C=O) groups is 2. The SMILES string of the molecule is Cc1ccc(C2=C(N3CCc4ccccc43)C(=O)N(c3cc(F)ccc3F)C2=O)cc1. The average molecular weight is 416 g/mol. The lowest BCUT2D eigenvalue weighted by molar-refractivity contribution is -0.120. The van der Waals surface area contributed by atoms with Crippen molar-refractivity contribution in [3.05, 3.63) is 101 Å². The molecular weight excluding hydrogens is 398 g/mol. The lowest BCUT2D eigenvalue weighted by Gasteiger charge is -2.22. The summed E-state index contributed by atoms with van der Waals surface area (Å²) in [5.74, 6) is -2.90. The summed E-state index contributed by atoms with van der Waals surface area (Å²) >= 11 is 0. The molecule has 0 atom stereocenters. The van der Waals surface area contributed by atoms with E-state index in [9.17, 15) is 18.4 Å². The molecule has 31 heavy (non-hydrogen) atoms. The first kappa shape index (κ1) is 19.2. The van der Waals surface area contributed by atoms with E-state index in [0.29, 0.717) is 12.1 Å². The van der Waals surface area contributed by atoms with Gasteiger partial charge in [0.2, 0.25) is 0 Å². The molecule has 0 spiro atoms. The molecule has 2 aliphatic rings. The summed E-state index contributed by atoms with van der Waals surface area (Å²) in [4.78, 5) is 29.6. The van der Waals surface area contributed by atoms with Gasteiger partial charge in [-0.1, -0.05) is 48.0 Å². The van der Waals surface area contributed by atoms with Crippen LogP contribution in [0.3, 0.4) is 0 Å². The Bertz CT molecular complexity index is 1260. The fourth-order valence-corrected chi connectivity index (χ4v) is 4.20. The third-order valence-corrected chi connectivity index (χ3v) is 5.71. The number of amides is 2. The summed E-state index contributed by atoms with van der Waals surface area (Å²) in [6, 6.07) is 17.6. The largest absolute Gasteiger partial charge is 0.336 e. The molecular formula is C25H18F2N2O2. The molecule has 0 aromatic heterocycles. The van der Waals surface area contributed by atoms with Crippen molar-refractivity contribution in [3.63, 3.8) is 0 Å². The molecule has 6 heteroatoms. The van der Waals surface area contributed by atoms with Gasteiger partial charge in [0.1, 0.15) is 17.3 Å². The van der Waals surface area contributed by atoms with Crippen molar-refractivity contribution in [2.75, 3.05) is 16.3 Å². The molecule has 2 heterocycles. The fourth-order valence-electron chi connectivity index (χ4n) is 4.20. The smallest absolute Gasteiger partial charge is 0.282 e. The summed E-state index contributed by atoms with van der Waals surface area (Å²) in [7, 11) is 0. The van der Waals surface area contributed by atoms with Gasteiger partial charge in [0.05, 0.1) is 11.3 Å². The van der Waals surface area contributed by atoms with Gasteiger partial charge < -0.3 is 4.90 Å². The van der Waals surface area contributed by atoms with Crippen molar-refractivity contribution in [1.29, 1.82) is 0 Å². The van der Waals surface area contributed by atoms with Crippen molar-refractivity contribution in [2.24, 2.45) is 0 Å². The molecule has 3 aromatic rings. The highest BCUT2D eigenvalue weighted by atomic mass is 19.1. The van der Waals surface area contributed by atoms with Crippen LogP contribution in [0.2, 0.25) is 0 Å². The van der Waals surface area contributed by atoms with E-state index in [1.54, 1.807) is 12.1 Å². The minimum absolute atomic E-state index is 0.183. The topological polar surface area (TPSA) is 40.6 Å². The van der Waals surface area contributed by atoms with E-state index in [2.05, 4.69) is 0 Å². The molecule has 0 unspecified atom stereocenters. The fraction of sp³-hybridized carbons (Fsp3) is 0.120. The number of carbonyl (C=O) groups excluding carboxylic acids is 2. The van der Waals surface area contributed by atoms with Gasteiger partial charge >= 0.3 is 0 Å². The molecule has 0 N–H and O–H groups in total. The number of imide groups is 1. The molecule has 0 saturated carbocycles. The van der Waals surface area contributed by atoms with Crippen LogP contribution >= 0.6 is 0 Å². The zero-order chi connectivity index (χ0) is 21.7. The van der Waals surface area contributed by atoms with E-state index in [4.69, 9.17) is 0 Å². The number of benzene rings is 3. The first-order valence-electron chi connectivity index (χ1n) is 9.96. The maximum Gasteiger partial charge on any atom is 0.282 e. The standard InChI is InChI=1S/C25H18F2N2O2/c1-15-6-8-17(9-7-15)22-23(28-13-12-16-4-2-3-5-20(16)28)25(31)29(24(22)30)21-14-18(26)10-11-19(21)27/h2-11,14H,12-13H2,1H3. The molecule has 0 bridgehead atoms. The van der Waals surface area contributed by atoms with E-state index >= 15 is 0 Å². The maximum absolute atomic E-state index is 14.5. The number of anilines is 2. The molecule has 0 fully saturated rings. The van der Waals surface area contributed by atoms with Crippen LogP contribution in [0.1, 0.15) is 16.7 Å². The predicted molar refractivity (Wildman–Crippen MR) is 114 cm³/mol. The highest BCUT2D eigenvalue weighted by Crippen LogP contribution is 2.40. The predicted octanol–water partition coefficient (Wildman–Crippen LogP) is 4.62. The van der Waals surface area contributed by atoms with Crippen LogP contribution in [-0.4, -0.2) is 18.4 Å². The Balaban J connectivity index is 1.71. The van der Waals surface area contributed by atoms with Gasteiger partial charge in [-0.25, -0.2) is 13.7 Å². The lowest BCUT2D eigenvalue weighted by atomic mass is 10.0. The van der Waals surface area contributed by atoms with Crippen LogP contribution in [0.25, 0.3) is 5.57 Å². The average Bonchev–Trinajstić information content (AvgIpc) is 3.29. The zero-order valence-corrected chi connectivity index (χ0v) is 16.7. The van der Waals surface area contributed by atoms with E-state index < -0.39 is 23.4 Å². The van der Waals surface area contributed by atoms with E-state index in [1.165, 1.54) is 0 Å². The van der Waals surface area contributed by atoms with Gasteiger partial charge in [0.15, 0.2) is 0 Å². The second kappa shape index (κ2) is 7.16. The van der Waals surface area contributed by atoms with Crippen LogP contribution in [0.15, 0.2) is 72.4 Å². The van der Waals surface area contributed by atoms with Crippen LogP contribution < -0.4 is 9.80 Å². The highest BCUT2D eigenvalue weighted by Gasteiger charge is 2.45. The van der Waals surface area contributed by atoms with Gasteiger partial charge in [-0.2, -0.15) is 0 Å². The van der Waals surface area contributed by atoms with Crippen molar-refractivity contribution in [1.82, 2.24) is 0 Å². The monoisotopic (exact) mass is 416 g/mol. The van der Waals surface area contributed by atoms with E-state index in [-0.39, 0.29) is 17.0 Å². The van der Waals surface area contributed by atoms with E-state index in [1.807, 2.05) is 48.2 Å². The highest BCUT2D eigenvalue weighted by molar-refractivity contribution is 6.46. The molecule has 4 nitrogen and oxygen atoms in total. The molecule has 2 aliphatic heterocycles. The summed E-state index contributed by atoms with van der Waals surface area (Å²) in [6.07, 6.45) is 0.719. The first-order chi connectivity index (χ1) is 15.0. The second-order valence-corrected chi connectivity index (χ2v) is 7.66. The Labute approximate surface area is 178 Å². The van der Waals surface area contributed by atoms with Gasteiger partial charge in [0, 0.05) is 18.3 Å². The maximum atomic E-state index is 14.5. The third kappa shape index (κ3) is 3.03. The van der Waals surface area contributed by atoms with Crippen LogP contribution in [0.5, 0.6) is 0 Å². The van der Waals surface area contributed by atoms with E-state index in [0.717, 1.165) is 46.3 Å². The van der Waals surface area contributed by atoms with Gasteiger partial charge in [-0.05, 0) is 42.7 Å². The zero-order valence-electron chi connectivity index (χ0n) is 16.7. The van der Waals surface area contributed by atoms with Gasteiger partial charge in [-0.15, -0.1) is 0 Å². The molecule has 154 valence electrons. The number of rotatable bonds is 3. The Morgan fingerprint density at radius 1 is 0.839 bits per heavy atom. The minimum Gasteiger partial charge on any atom is -0.336 e. The van der Waals surface area contributed by atoms with Crippen LogP contribution in [-0.2, 0) is 16.0 Å². The number of halogens is 2. The van der Waals surface area contributed by atoms with Gasteiger partial charge in [-0.3, -0.25) is 9.59 Å². The molecule has 5 rings (SSSR count). The molecule has 2 amide bonds. The number of para-hydroxylation sites is 1.